The van der Waals surface area contributed by atoms with E-state index in [-0.39, 0.29) is 181 Å². The minimum Gasteiger partial charge on any atom is -1.00 e. The molecular weight excluding hydrogens is 225 g/mol. The SMILES string of the molecule is [Ag].[H-].[H-].[H-].[K+].[K+].[K+]. The van der Waals surface area contributed by atoms with E-state index in [1.165, 1.54) is 0 Å². The summed E-state index contributed by atoms with van der Waals surface area (Å²) in [5.74, 6) is 0. The number of hydrogen-bond acceptors (Lipinski definition) is 0. The standard InChI is InChI=1S/Ag.3K.3H/q;3*+1;3*-1. The van der Waals surface area contributed by atoms with Crippen LogP contribution in [-0.4, -0.2) is 0 Å². The van der Waals surface area contributed by atoms with Gasteiger partial charge in [0, 0.05) is 22.4 Å². The molecular formula is H3AgK3. The third kappa shape index (κ3) is 10.6. The van der Waals surface area contributed by atoms with E-state index in [2.05, 4.69) is 0 Å². The van der Waals surface area contributed by atoms with Gasteiger partial charge in [-0.25, -0.2) is 0 Å². The maximum Gasteiger partial charge on any atom is 1.00 e. The molecule has 0 spiro atoms. The van der Waals surface area contributed by atoms with Gasteiger partial charge in [-0.05, 0) is 0 Å². The summed E-state index contributed by atoms with van der Waals surface area (Å²) < 4.78 is 0. The maximum absolute atomic E-state index is 0. The van der Waals surface area contributed by atoms with Crippen molar-refractivity contribution in [2.75, 3.05) is 0 Å². The molecule has 17 valence electrons. The molecule has 0 heterocycles. The molecule has 0 aromatic rings. The summed E-state index contributed by atoms with van der Waals surface area (Å²) in [6, 6.07) is 0. The van der Waals surface area contributed by atoms with Gasteiger partial charge in [-0.1, -0.05) is 0 Å². The van der Waals surface area contributed by atoms with Gasteiger partial charge in [0.1, 0.15) is 0 Å². The van der Waals surface area contributed by atoms with Crippen molar-refractivity contribution >= 4 is 0 Å². The second kappa shape index (κ2) is 15.9. The molecule has 0 nitrogen and oxygen atoms in total. The van der Waals surface area contributed by atoms with E-state index in [1.807, 2.05) is 0 Å². The molecule has 0 aliphatic carbocycles. The fraction of sp³-hybridized carbons (Fsp3) is 0. The topological polar surface area (TPSA) is 0 Å². The van der Waals surface area contributed by atoms with Gasteiger partial charge in [-0.2, -0.15) is 0 Å². The van der Waals surface area contributed by atoms with Crippen LogP contribution in [0, 0.1) is 0 Å². The molecule has 0 saturated heterocycles. The van der Waals surface area contributed by atoms with Gasteiger partial charge in [-0.15, -0.1) is 0 Å². The molecule has 0 rings (SSSR count). The van der Waals surface area contributed by atoms with E-state index in [0.717, 1.165) is 0 Å². The molecule has 0 bridgehead atoms. The van der Waals surface area contributed by atoms with E-state index in [9.17, 15) is 0 Å². The number of hydrogen-bond donors (Lipinski definition) is 0. The average molecular weight is 228 g/mol. The Bertz CT molecular complexity index is 10.1. The molecule has 0 aliphatic heterocycles. The zero-order valence-electron chi connectivity index (χ0n) is 6.30. The predicted molar refractivity (Wildman–Crippen MR) is 3.34 cm³/mol. The molecule has 1 radical (unpaired) electrons. The molecule has 0 N–H and O–H groups in total. The molecule has 0 saturated carbocycles. The molecule has 0 fully saturated rings. The van der Waals surface area contributed by atoms with E-state index in [4.69, 9.17) is 0 Å². The third-order valence-corrected chi connectivity index (χ3v) is 0. The largest absolute Gasteiger partial charge is 1.00 e. The minimum absolute atomic E-state index is 0. The van der Waals surface area contributed by atoms with Crippen LogP contribution in [0.3, 0.4) is 0 Å². The van der Waals surface area contributed by atoms with E-state index < -0.39 is 0 Å². The van der Waals surface area contributed by atoms with Crippen LogP contribution in [0.2, 0.25) is 0 Å². The Morgan fingerprint density at radius 3 is 0.750 bits per heavy atom. The first-order chi connectivity index (χ1) is 0. The van der Waals surface area contributed by atoms with E-state index in [0.29, 0.717) is 0 Å². The summed E-state index contributed by atoms with van der Waals surface area (Å²) in [7, 11) is 0. The summed E-state index contributed by atoms with van der Waals surface area (Å²) >= 11 is 0. The van der Waals surface area contributed by atoms with Gasteiger partial charge in [0.15, 0.2) is 0 Å². The maximum atomic E-state index is 0. The van der Waals surface area contributed by atoms with Gasteiger partial charge in [-0.3, -0.25) is 0 Å². The second-order valence-corrected chi connectivity index (χ2v) is 0. The molecule has 0 aromatic heterocycles. The smallest absolute Gasteiger partial charge is 1.00 e. The van der Waals surface area contributed by atoms with E-state index >= 15 is 0 Å². The van der Waals surface area contributed by atoms with Crippen LogP contribution in [0.25, 0.3) is 0 Å². The van der Waals surface area contributed by atoms with Crippen molar-refractivity contribution in [2.45, 2.75) is 0 Å². The first-order valence-corrected chi connectivity index (χ1v) is 0. The van der Waals surface area contributed by atoms with Crippen molar-refractivity contribution in [3.63, 3.8) is 0 Å². The fourth-order valence-corrected chi connectivity index (χ4v) is 0. The molecule has 4 heteroatoms. The summed E-state index contributed by atoms with van der Waals surface area (Å²) in [4.78, 5) is 0. The van der Waals surface area contributed by atoms with Gasteiger partial charge in [0.25, 0.3) is 0 Å². The van der Waals surface area contributed by atoms with Crippen molar-refractivity contribution in [2.24, 2.45) is 0 Å². The van der Waals surface area contributed by atoms with Gasteiger partial charge in [0.05, 0.1) is 0 Å². The van der Waals surface area contributed by atoms with Crippen LogP contribution < -0.4 is 154 Å². The summed E-state index contributed by atoms with van der Waals surface area (Å²) in [5.41, 5.74) is 0. The summed E-state index contributed by atoms with van der Waals surface area (Å²) in [5, 5.41) is 0. The average Bonchev–Trinajstić information content (AvgIpc) is 0. The minimum atomic E-state index is 0. The van der Waals surface area contributed by atoms with Gasteiger partial charge >= 0.3 is 154 Å². The van der Waals surface area contributed by atoms with E-state index in [1.54, 1.807) is 0 Å². The molecule has 0 amide bonds. The van der Waals surface area contributed by atoms with Crippen LogP contribution in [-0.2, 0) is 22.4 Å². The van der Waals surface area contributed by atoms with Crippen LogP contribution in [0.1, 0.15) is 4.28 Å². The Hall–Kier alpha value is 5.65. The van der Waals surface area contributed by atoms with Crippen LogP contribution in [0.5, 0.6) is 0 Å². The zero-order chi connectivity index (χ0) is 0. The molecule has 0 aromatic carbocycles. The van der Waals surface area contributed by atoms with Crippen molar-refractivity contribution < 1.29 is 181 Å². The monoisotopic (exact) mass is 227 g/mol. The Labute approximate surface area is 174 Å². The van der Waals surface area contributed by atoms with Crippen LogP contribution in [0.4, 0.5) is 0 Å². The molecule has 0 unspecified atom stereocenters. The second-order valence-electron chi connectivity index (χ2n) is 0. The third-order valence-electron chi connectivity index (χ3n) is 0. The van der Waals surface area contributed by atoms with Crippen LogP contribution >= 0.6 is 0 Å². The quantitative estimate of drug-likeness (QED) is 0.361. The van der Waals surface area contributed by atoms with Crippen molar-refractivity contribution in [3.8, 4) is 0 Å². The fourth-order valence-electron chi connectivity index (χ4n) is 0. The van der Waals surface area contributed by atoms with Crippen molar-refractivity contribution in [1.82, 2.24) is 0 Å². The molecule has 4 heavy (non-hydrogen) atoms. The van der Waals surface area contributed by atoms with Gasteiger partial charge < -0.3 is 4.28 Å². The molecule has 0 aliphatic rings. The summed E-state index contributed by atoms with van der Waals surface area (Å²) in [6.45, 7) is 0. The Morgan fingerprint density at radius 1 is 0.750 bits per heavy atom. The Morgan fingerprint density at radius 2 is 0.750 bits per heavy atom. The van der Waals surface area contributed by atoms with Crippen LogP contribution in [0.15, 0.2) is 0 Å². The Kier molecular flexibility index (Phi) is 89.7. The first-order valence-electron chi connectivity index (χ1n) is 0. The van der Waals surface area contributed by atoms with Crippen molar-refractivity contribution in [1.29, 1.82) is 0 Å². The molecule has 0 atom stereocenters. The summed E-state index contributed by atoms with van der Waals surface area (Å²) in [6.07, 6.45) is 0. The zero-order valence-corrected chi connectivity index (χ0v) is 14.2. The predicted octanol–water partition coefficient (Wildman–Crippen LogP) is -8.65. The number of rotatable bonds is 0. The van der Waals surface area contributed by atoms with Gasteiger partial charge in [0.2, 0.25) is 0 Å². The normalized spacial score (nSPS) is 0. The van der Waals surface area contributed by atoms with Crippen molar-refractivity contribution in [3.05, 3.63) is 0 Å². The Balaban J connectivity index is 0. The first kappa shape index (κ1) is 22.6.